The van der Waals surface area contributed by atoms with E-state index in [0.29, 0.717) is 30.2 Å². The van der Waals surface area contributed by atoms with Gasteiger partial charge in [0.25, 0.3) is 5.91 Å². The molecule has 1 aliphatic heterocycles. The van der Waals surface area contributed by atoms with Crippen LogP contribution in [-0.2, 0) is 16.1 Å². The maximum Gasteiger partial charge on any atom is 0.257 e. The molecule has 2 heterocycles. The smallest absolute Gasteiger partial charge is 0.257 e. The van der Waals surface area contributed by atoms with Crippen molar-refractivity contribution in [1.29, 1.82) is 0 Å². The van der Waals surface area contributed by atoms with Gasteiger partial charge in [-0.2, -0.15) is 0 Å². The molecular formula is C27H36N4O4. The van der Waals surface area contributed by atoms with Crippen LogP contribution in [0.3, 0.4) is 0 Å². The van der Waals surface area contributed by atoms with Crippen LogP contribution in [0.2, 0.25) is 0 Å². The Morgan fingerprint density at radius 1 is 1.17 bits per heavy atom. The van der Waals surface area contributed by atoms with Crippen LogP contribution in [-0.4, -0.2) is 72.6 Å². The number of carbonyl (C=O) groups is 2. The zero-order valence-corrected chi connectivity index (χ0v) is 21.1. The lowest BCUT2D eigenvalue weighted by molar-refractivity contribution is -0.117. The summed E-state index contributed by atoms with van der Waals surface area (Å²) in [5.74, 6) is 0.665. The molecule has 0 radical (unpaired) electrons. The van der Waals surface area contributed by atoms with Gasteiger partial charge in [0.05, 0.1) is 11.7 Å². The Hall–Kier alpha value is -2.97. The van der Waals surface area contributed by atoms with Crippen molar-refractivity contribution < 1.29 is 19.1 Å². The molecule has 1 aromatic heterocycles. The molecule has 8 nitrogen and oxygen atoms in total. The van der Waals surface area contributed by atoms with E-state index in [9.17, 15) is 9.59 Å². The molecule has 35 heavy (non-hydrogen) atoms. The van der Waals surface area contributed by atoms with Crippen LogP contribution in [0.15, 0.2) is 42.7 Å². The van der Waals surface area contributed by atoms with Gasteiger partial charge in [-0.25, -0.2) is 0 Å². The van der Waals surface area contributed by atoms with Gasteiger partial charge in [0, 0.05) is 69.9 Å². The van der Waals surface area contributed by atoms with Crippen molar-refractivity contribution in [2.24, 2.45) is 11.8 Å². The van der Waals surface area contributed by atoms with E-state index in [1.807, 2.05) is 24.5 Å². The van der Waals surface area contributed by atoms with Crippen molar-refractivity contribution in [1.82, 2.24) is 14.8 Å². The van der Waals surface area contributed by atoms with E-state index in [2.05, 4.69) is 29.0 Å². The topological polar surface area (TPSA) is 84.0 Å². The van der Waals surface area contributed by atoms with E-state index < -0.39 is 0 Å². The fraction of sp³-hybridized carbons (Fsp3) is 0.519. The van der Waals surface area contributed by atoms with Crippen LogP contribution in [0.5, 0.6) is 5.75 Å². The molecule has 1 aromatic carbocycles. The molecule has 2 aromatic rings. The second kappa shape index (κ2) is 11.2. The van der Waals surface area contributed by atoms with Crippen molar-refractivity contribution in [3.8, 4) is 5.75 Å². The second-order valence-electron chi connectivity index (χ2n) is 9.86. The first-order chi connectivity index (χ1) is 16.9. The highest BCUT2D eigenvalue weighted by Gasteiger charge is 2.31. The van der Waals surface area contributed by atoms with Gasteiger partial charge < -0.3 is 19.7 Å². The van der Waals surface area contributed by atoms with E-state index in [0.717, 1.165) is 25.9 Å². The van der Waals surface area contributed by atoms with Gasteiger partial charge in [0.2, 0.25) is 5.91 Å². The van der Waals surface area contributed by atoms with Crippen LogP contribution in [0.1, 0.15) is 42.6 Å². The minimum absolute atomic E-state index is 0.0235. The van der Waals surface area contributed by atoms with Crippen LogP contribution < -0.4 is 10.1 Å². The van der Waals surface area contributed by atoms with Crippen LogP contribution in [0.25, 0.3) is 0 Å². The lowest BCUT2D eigenvalue weighted by Crippen LogP contribution is -2.46. The Kier molecular flexibility index (Phi) is 8.03. The van der Waals surface area contributed by atoms with E-state index in [-0.39, 0.29) is 35.8 Å². The number of carbonyl (C=O) groups excluding carboxylic acids is 2. The summed E-state index contributed by atoms with van der Waals surface area (Å²) in [4.78, 5) is 33.8. The number of nitrogens with zero attached hydrogens (tertiary/aromatic N) is 3. The largest absolute Gasteiger partial charge is 0.491 e. The summed E-state index contributed by atoms with van der Waals surface area (Å²) < 4.78 is 12.1. The van der Waals surface area contributed by atoms with Gasteiger partial charge in [-0.3, -0.25) is 19.5 Å². The molecule has 1 fully saturated rings. The lowest BCUT2D eigenvalue weighted by Gasteiger charge is -2.36. The van der Waals surface area contributed by atoms with E-state index in [1.54, 1.807) is 37.3 Å². The van der Waals surface area contributed by atoms with Gasteiger partial charge in [0.15, 0.2) is 0 Å². The molecule has 2 aliphatic rings. The first-order valence-corrected chi connectivity index (χ1v) is 12.3. The third-order valence-corrected chi connectivity index (χ3v) is 6.93. The molecule has 1 saturated carbocycles. The summed E-state index contributed by atoms with van der Waals surface area (Å²) in [6, 6.07) is 9.41. The van der Waals surface area contributed by atoms with Crippen molar-refractivity contribution in [3.63, 3.8) is 0 Å². The number of methoxy groups -OCH3 is 1. The number of hydrogen-bond acceptors (Lipinski definition) is 6. The zero-order valence-electron chi connectivity index (χ0n) is 21.1. The van der Waals surface area contributed by atoms with Gasteiger partial charge in [0.1, 0.15) is 12.4 Å². The molecule has 4 rings (SSSR count). The quantitative estimate of drug-likeness (QED) is 0.706. The second-order valence-corrected chi connectivity index (χ2v) is 9.86. The standard InChI is InChI=1S/C27H36N4O4/c1-18-14-31(15-20-9-11-28-12-10-20)19(2)17-35-24-13-22(29-26(32)21-5-6-21)7-8-23(24)27(33)30(3)16-25(18)34-4/h7-13,18-19,21,25H,5-6,14-17H2,1-4H3,(H,29,32)/t18-,19-,25-/m1/s1. The predicted molar refractivity (Wildman–Crippen MR) is 134 cm³/mol. The van der Waals surface area contributed by atoms with Gasteiger partial charge in [-0.15, -0.1) is 0 Å². The Labute approximate surface area is 207 Å². The van der Waals surface area contributed by atoms with Gasteiger partial charge in [-0.1, -0.05) is 6.92 Å². The number of likely N-dealkylation sites (N-methyl/N-ethyl adjacent to an activating group) is 1. The fourth-order valence-electron chi connectivity index (χ4n) is 4.46. The molecule has 188 valence electrons. The van der Waals surface area contributed by atoms with Gasteiger partial charge in [-0.05, 0) is 55.5 Å². The summed E-state index contributed by atoms with van der Waals surface area (Å²) in [7, 11) is 3.49. The summed E-state index contributed by atoms with van der Waals surface area (Å²) >= 11 is 0. The van der Waals surface area contributed by atoms with Crippen molar-refractivity contribution in [2.45, 2.75) is 45.4 Å². The first-order valence-electron chi connectivity index (χ1n) is 12.3. The maximum absolute atomic E-state index is 13.3. The van der Waals surface area contributed by atoms with Crippen molar-refractivity contribution in [3.05, 3.63) is 53.9 Å². The molecule has 1 N–H and O–H groups in total. The normalized spacial score (nSPS) is 24.1. The Bertz CT molecular complexity index is 1030. The third kappa shape index (κ3) is 6.38. The fourth-order valence-corrected chi connectivity index (χ4v) is 4.46. The summed E-state index contributed by atoms with van der Waals surface area (Å²) in [6.07, 6.45) is 5.36. The molecular weight excluding hydrogens is 444 g/mol. The molecule has 8 heteroatoms. The Balaban J connectivity index is 1.62. The monoisotopic (exact) mass is 480 g/mol. The number of hydrogen-bond donors (Lipinski definition) is 1. The average molecular weight is 481 g/mol. The molecule has 0 saturated heterocycles. The summed E-state index contributed by atoms with van der Waals surface area (Å²) in [5.41, 5.74) is 2.30. The zero-order chi connectivity index (χ0) is 24.9. The maximum atomic E-state index is 13.3. The van der Waals surface area contributed by atoms with Crippen molar-refractivity contribution in [2.75, 3.05) is 39.2 Å². The Morgan fingerprint density at radius 2 is 1.91 bits per heavy atom. The molecule has 0 spiro atoms. The number of pyridine rings is 1. The van der Waals surface area contributed by atoms with E-state index >= 15 is 0 Å². The third-order valence-electron chi connectivity index (χ3n) is 6.93. The first kappa shape index (κ1) is 25.1. The minimum atomic E-state index is -0.129. The van der Waals surface area contributed by atoms with Crippen LogP contribution >= 0.6 is 0 Å². The number of nitrogens with one attached hydrogen (secondary N) is 1. The van der Waals surface area contributed by atoms with E-state index in [1.165, 1.54) is 5.56 Å². The highest BCUT2D eigenvalue weighted by molar-refractivity contribution is 5.99. The lowest BCUT2D eigenvalue weighted by atomic mass is 10.0. The average Bonchev–Trinajstić information content (AvgIpc) is 3.71. The summed E-state index contributed by atoms with van der Waals surface area (Å²) in [6.45, 7) is 6.71. The highest BCUT2D eigenvalue weighted by Crippen LogP contribution is 2.32. The van der Waals surface area contributed by atoms with Crippen LogP contribution in [0.4, 0.5) is 5.69 Å². The number of amides is 2. The summed E-state index contributed by atoms with van der Waals surface area (Å²) in [5, 5.41) is 2.96. The number of aromatic nitrogens is 1. The molecule has 0 bridgehead atoms. The Morgan fingerprint density at radius 3 is 2.60 bits per heavy atom. The molecule has 2 amide bonds. The van der Waals surface area contributed by atoms with Crippen molar-refractivity contribution >= 4 is 17.5 Å². The molecule has 0 unspecified atom stereocenters. The molecule has 3 atom stereocenters. The number of ether oxygens (including phenoxy) is 2. The number of fused-ring (bicyclic) bond motifs is 1. The number of benzene rings is 1. The van der Waals surface area contributed by atoms with Crippen LogP contribution in [0, 0.1) is 11.8 Å². The van der Waals surface area contributed by atoms with Gasteiger partial charge >= 0.3 is 0 Å². The highest BCUT2D eigenvalue weighted by atomic mass is 16.5. The SMILES string of the molecule is CO[C@@H]1CN(C)C(=O)c2ccc(NC(=O)C3CC3)cc2OC[C@@H](C)N(Cc2ccncc2)C[C@H]1C. The minimum Gasteiger partial charge on any atom is -0.491 e. The predicted octanol–water partition coefficient (Wildman–Crippen LogP) is 3.44. The molecule has 1 aliphatic carbocycles. The number of anilines is 1. The van der Waals surface area contributed by atoms with E-state index in [4.69, 9.17) is 9.47 Å². The number of rotatable bonds is 5.